The summed E-state index contributed by atoms with van der Waals surface area (Å²) in [6.45, 7) is 6.56. The third-order valence-corrected chi connectivity index (χ3v) is 5.79. The van der Waals surface area contributed by atoms with Gasteiger partial charge in [0.15, 0.2) is 22.1 Å². The maximum atomic E-state index is 11.6. The van der Waals surface area contributed by atoms with E-state index in [4.69, 9.17) is 10.5 Å². The second-order valence-corrected chi connectivity index (χ2v) is 7.82. The number of thioether (sulfide) groups is 1. The molecule has 0 saturated heterocycles. The lowest BCUT2D eigenvalue weighted by molar-refractivity contribution is -0.137. The van der Waals surface area contributed by atoms with Crippen LogP contribution in [0.25, 0.3) is 11.2 Å². The Morgan fingerprint density at radius 1 is 1.32 bits per heavy atom. The largest absolute Gasteiger partial charge is 0.491 e. The lowest BCUT2D eigenvalue weighted by Gasteiger charge is -2.16. The van der Waals surface area contributed by atoms with Gasteiger partial charge < -0.3 is 20.1 Å². The molecule has 28 heavy (non-hydrogen) atoms. The first-order valence-corrected chi connectivity index (χ1v) is 9.81. The topological polar surface area (TPSA) is 116 Å². The van der Waals surface area contributed by atoms with Crippen LogP contribution in [0.1, 0.15) is 19.4 Å². The number of anilines is 1. The number of hydrogen-bond acceptors (Lipinski definition) is 7. The average Bonchev–Trinajstić information content (AvgIpc) is 3.00. The quantitative estimate of drug-likeness (QED) is 0.553. The molecule has 0 bridgehead atoms. The summed E-state index contributed by atoms with van der Waals surface area (Å²) in [5, 5.41) is 9.45. The van der Waals surface area contributed by atoms with Crippen LogP contribution in [0.15, 0.2) is 35.7 Å². The molecule has 9 heteroatoms. The van der Waals surface area contributed by atoms with E-state index in [0.29, 0.717) is 29.5 Å². The molecule has 0 aliphatic heterocycles. The summed E-state index contributed by atoms with van der Waals surface area (Å²) in [6, 6.07) is 7.77. The first-order valence-electron chi connectivity index (χ1n) is 8.93. The number of carboxylic acid groups (broad SMARTS) is 1. The smallest absolute Gasteiger partial charge is 0.317 e. The Balaban J connectivity index is 1.89. The van der Waals surface area contributed by atoms with E-state index in [1.165, 1.54) is 18.1 Å². The van der Waals surface area contributed by atoms with Gasteiger partial charge in [-0.05, 0) is 24.5 Å². The number of carbonyl (C=O) groups is 1. The third-order valence-electron chi connectivity index (χ3n) is 4.27. The molecule has 0 saturated carbocycles. The van der Waals surface area contributed by atoms with Gasteiger partial charge >= 0.3 is 5.97 Å². The highest BCUT2D eigenvalue weighted by Gasteiger charge is 2.26. The van der Waals surface area contributed by atoms with Gasteiger partial charge in [-0.25, -0.2) is 15.0 Å². The first kappa shape index (κ1) is 19.9. The number of nitrogen functional groups attached to an aromatic ring is 1. The number of hydrogen-bond donors (Lipinski definition) is 2. The van der Waals surface area contributed by atoms with Crippen LogP contribution in [0, 0.1) is 12.8 Å². The number of para-hydroxylation sites is 1. The van der Waals surface area contributed by atoms with Crippen LogP contribution in [-0.4, -0.2) is 42.5 Å². The lowest BCUT2D eigenvalue weighted by Crippen LogP contribution is -2.23. The molecule has 0 amide bonds. The van der Waals surface area contributed by atoms with Crippen molar-refractivity contribution in [3.05, 3.63) is 36.2 Å². The number of aryl methyl sites for hydroxylation is 1. The number of ether oxygens (including phenoxy) is 1. The number of rotatable bonds is 8. The minimum absolute atomic E-state index is 0.0672. The van der Waals surface area contributed by atoms with Crippen molar-refractivity contribution in [1.82, 2.24) is 19.5 Å². The summed E-state index contributed by atoms with van der Waals surface area (Å²) < 4.78 is 7.74. The first-order chi connectivity index (χ1) is 13.4. The van der Waals surface area contributed by atoms with E-state index >= 15 is 0 Å². The molecule has 1 atom stereocenters. The number of imidazole rings is 1. The van der Waals surface area contributed by atoms with Gasteiger partial charge in [0.05, 0.1) is 6.54 Å². The van der Waals surface area contributed by atoms with E-state index in [1.807, 2.05) is 49.6 Å². The zero-order valence-corrected chi connectivity index (χ0v) is 16.8. The summed E-state index contributed by atoms with van der Waals surface area (Å²) in [5.41, 5.74) is 8.02. The molecule has 3 rings (SSSR count). The molecule has 3 N–H and O–H groups in total. The number of nitrogens with two attached hydrogens (primary N) is 1. The minimum atomic E-state index is -0.881. The van der Waals surface area contributed by atoms with Crippen LogP contribution in [-0.2, 0) is 11.3 Å². The molecule has 0 aliphatic carbocycles. The Bertz CT molecular complexity index is 989. The van der Waals surface area contributed by atoms with E-state index in [1.54, 1.807) is 0 Å². The highest BCUT2D eigenvalue weighted by molar-refractivity contribution is 8.00. The summed E-state index contributed by atoms with van der Waals surface area (Å²) in [6.07, 6.45) is 1.38. The Morgan fingerprint density at radius 3 is 2.75 bits per heavy atom. The second-order valence-electron chi connectivity index (χ2n) is 6.71. The SMILES string of the molecule is Cc1ccccc1OCCn1c(SC(C(=O)O)C(C)C)nc2c(N)ncnc21. The van der Waals surface area contributed by atoms with Gasteiger partial charge in [0.2, 0.25) is 0 Å². The van der Waals surface area contributed by atoms with Crippen molar-refractivity contribution in [2.75, 3.05) is 12.3 Å². The van der Waals surface area contributed by atoms with Crippen LogP contribution >= 0.6 is 11.8 Å². The van der Waals surface area contributed by atoms with Gasteiger partial charge in [0.25, 0.3) is 0 Å². The van der Waals surface area contributed by atoms with Gasteiger partial charge in [-0.1, -0.05) is 43.8 Å². The zero-order valence-electron chi connectivity index (χ0n) is 16.0. The highest BCUT2D eigenvalue weighted by atomic mass is 32.2. The molecule has 2 heterocycles. The van der Waals surface area contributed by atoms with E-state index in [9.17, 15) is 9.90 Å². The molecule has 0 radical (unpaired) electrons. The minimum Gasteiger partial charge on any atom is -0.491 e. The van der Waals surface area contributed by atoms with Crippen LogP contribution < -0.4 is 10.5 Å². The number of aromatic nitrogens is 4. The van der Waals surface area contributed by atoms with Crippen molar-refractivity contribution in [2.45, 2.75) is 37.7 Å². The molecule has 2 aromatic heterocycles. The van der Waals surface area contributed by atoms with Crippen LogP contribution in [0.3, 0.4) is 0 Å². The monoisotopic (exact) mass is 401 g/mol. The summed E-state index contributed by atoms with van der Waals surface area (Å²) >= 11 is 1.19. The Morgan fingerprint density at radius 2 is 2.07 bits per heavy atom. The highest BCUT2D eigenvalue weighted by Crippen LogP contribution is 2.31. The number of fused-ring (bicyclic) bond motifs is 1. The van der Waals surface area contributed by atoms with E-state index < -0.39 is 11.2 Å². The molecular weight excluding hydrogens is 378 g/mol. The summed E-state index contributed by atoms with van der Waals surface area (Å²) in [5.74, 6) is 0.124. The van der Waals surface area contributed by atoms with Gasteiger partial charge in [0, 0.05) is 0 Å². The zero-order chi connectivity index (χ0) is 20.3. The van der Waals surface area contributed by atoms with Gasteiger partial charge in [-0.2, -0.15) is 0 Å². The fourth-order valence-corrected chi connectivity index (χ4v) is 3.83. The number of nitrogens with zero attached hydrogens (tertiary/aromatic N) is 4. The molecule has 148 valence electrons. The van der Waals surface area contributed by atoms with Crippen molar-refractivity contribution in [3.8, 4) is 5.75 Å². The van der Waals surface area contributed by atoms with E-state index in [2.05, 4.69) is 15.0 Å². The van der Waals surface area contributed by atoms with Crippen molar-refractivity contribution in [1.29, 1.82) is 0 Å². The van der Waals surface area contributed by atoms with Crippen LogP contribution in [0.5, 0.6) is 5.75 Å². The Hall–Kier alpha value is -2.81. The molecule has 0 aliphatic rings. The number of carboxylic acids is 1. The van der Waals surface area contributed by atoms with Crippen molar-refractivity contribution in [3.63, 3.8) is 0 Å². The maximum absolute atomic E-state index is 11.6. The van der Waals surface area contributed by atoms with Gasteiger partial charge in [-0.15, -0.1) is 0 Å². The maximum Gasteiger partial charge on any atom is 0.317 e. The molecule has 1 unspecified atom stereocenters. The summed E-state index contributed by atoms with van der Waals surface area (Å²) in [4.78, 5) is 24.4. The molecule has 0 fully saturated rings. The Kier molecular flexibility index (Phi) is 6.03. The molecule has 8 nitrogen and oxygen atoms in total. The van der Waals surface area contributed by atoms with Crippen molar-refractivity contribution < 1.29 is 14.6 Å². The second kappa shape index (κ2) is 8.47. The average molecular weight is 401 g/mol. The van der Waals surface area contributed by atoms with Crippen LogP contribution in [0.4, 0.5) is 5.82 Å². The predicted molar refractivity (Wildman–Crippen MR) is 109 cm³/mol. The Labute approximate surface area is 167 Å². The molecular formula is C19H23N5O3S. The normalized spacial score (nSPS) is 12.4. The van der Waals surface area contributed by atoms with Gasteiger partial charge in [-0.3, -0.25) is 4.79 Å². The molecule has 1 aromatic carbocycles. The van der Waals surface area contributed by atoms with Crippen molar-refractivity contribution in [2.24, 2.45) is 5.92 Å². The molecule has 0 spiro atoms. The number of benzene rings is 1. The van der Waals surface area contributed by atoms with Crippen LogP contribution in [0.2, 0.25) is 0 Å². The third kappa shape index (κ3) is 4.19. The summed E-state index contributed by atoms with van der Waals surface area (Å²) in [7, 11) is 0. The van der Waals surface area contributed by atoms with Crippen molar-refractivity contribution >= 4 is 34.7 Å². The fraction of sp³-hybridized carbons (Fsp3) is 0.368. The van der Waals surface area contributed by atoms with E-state index in [-0.39, 0.29) is 11.7 Å². The lowest BCUT2D eigenvalue weighted by atomic mass is 10.1. The van der Waals surface area contributed by atoms with E-state index in [0.717, 1.165) is 11.3 Å². The fourth-order valence-electron chi connectivity index (χ4n) is 2.78. The van der Waals surface area contributed by atoms with Gasteiger partial charge in [0.1, 0.15) is 23.9 Å². The standard InChI is InChI=1S/C19H23N5O3S/c1-11(2)15(18(25)26)28-19-23-14-16(20)21-10-22-17(14)24(19)8-9-27-13-7-5-4-6-12(13)3/h4-7,10-11,15H,8-9H2,1-3H3,(H,25,26)(H2,20,21,22). The number of aliphatic carboxylic acids is 1. The predicted octanol–water partition coefficient (Wildman–Crippen LogP) is 3.00. The molecule has 3 aromatic rings.